The van der Waals surface area contributed by atoms with Crippen molar-refractivity contribution in [2.24, 2.45) is 0 Å². The molecule has 0 aliphatic carbocycles. The molecule has 0 radical (unpaired) electrons. The summed E-state index contributed by atoms with van der Waals surface area (Å²) in [5.74, 6) is -1.90. The minimum atomic E-state index is -0.819. The first-order chi connectivity index (χ1) is 14.9. The van der Waals surface area contributed by atoms with Gasteiger partial charge in [-0.1, -0.05) is 41.9 Å². The van der Waals surface area contributed by atoms with Gasteiger partial charge >= 0.3 is 0 Å². The number of hydrogen-bond donors (Lipinski definition) is 1. The van der Waals surface area contributed by atoms with E-state index in [0.717, 1.165) is 0 Å². The van der Waals surface area contributed by atoms with E-state index >= 15 is 0 Å². The van der Waals surface area contributed by atoms with Crippen molar-refractivity contribution in [1.29, 1.82) is 0 Å². The van der Waals surface area contributed by atoms with Crippen LogP contribution in [0.1, 0.15) is 34.5 Å². The molecule has 5 nitrogen and oxygen atoms in total. The van der Waals surface area contributed by atoms with Gasteiger partial charge in [-0.15, -0.1) is 0 Å². The zero-order chi connectivity index (χ0) is 22.1. The van der Waals surface area contributed by atoms with E-state index in [1.54, 1.807) is 72.8 Å². The van der Waals surface area contributed by atoms with Crippen LogP contribution in [0.15, 0.2) is 84.4 Å². The van der Waals surface area contributed by atoms with Gasteiger partial charge in [0, 0.05) is 21.8 Å². The van der Waals surface area contributed by atoms with Gasteiger partial charge in [0.1, 0.15) is 5.76 Å². The largest absolute Gasteiger partial charge is 0.507 e. The first-order valence-electron chi connectivity index (χ1n) is 9.61. The number of aliphatic hydroxyl groups is 1. The number of Topliss-reactive ketones (excluding diaryl/α,β-unsaturated/α-hetero) is 2. The van der Waals surface area contributed by atoms with Crippen LogP contribution in [0.4, 0.5) is 5.69 Å². The monoisotopic (exact) mass is 431 g/mol. The summed E-state index contributed by atoms with van der Waals surface area (Å²) in [6.45, 7) is 1.46. The van der Waals surface area contributed by atoms with Gasteiger partial charge in [-0.2, -0.15) is 0 Å². The molecule has 0 saturated carbocycles. The number of anilines is 1. The Bertz CT molecular complexity index is 1200. The molecule has 31 heavy (non-hydrogen) atoms. The van der Waals surface area contributed by atoms with Gasteiger partial charge in [-0.05, 0) is 61.0 Å². The molecule has 1 heterocycles. The van der Waals surface area contributed by atoms with E-state index in [9.17, 15) is 19.5 Å². The fourth-order valence-electron chi connectivity index (χ4n) is 3.67. The summed E-state index contributed by atoms with van der Waals surface area (Å²) in [7, 11) is 0. The van der Waals surface area contributed by atoms with Gasteiger partial charge in [0.15, 0.2) is 5.78 Å². The molecule has 6 heteroatoms. The topological polar surface area (TPSA) is 74.7 Å². The van der Waals surface area contributed by atoms with Crippen LogP contribution in [-0.4, -0.2) is 22.6 Å². The van der Waals surface area contributed by atoms with Crippen molar-refractivity contribution in [3.05, 3.63) is 106 Å². The summed E-state index contributed by atoms with van der Waals surface area (Å²) in [4.78, 5) is 39.1. The summed E-state index contributed by atoms with van der Waals surface area (Å²) in [5.41, 5.74) is 2.01. The maximum absolute atomic E-state index is 13.1. The van der Waals surface area contributed by atoms with Crippen molar-refractivity contribution < 1.29 is 19.5 Å². The van der Waals surface area contributed by atoms with Crippen molar-refractivity contribution in [1.82, 2.24) is 0 Å². The molecule has 1 aliphatic heterocycles. The molecule has 0 spiro atoms. The molecular formula is C25H18ClNO4. The van der Waals surface area contributed by atoms with Gasteiger partial charge < -0.3 is 5.11 Å². The highest BCUT2D eigenvalue weighted by atomic mass is 35.5. The predicted molar refractivity (Wildman–Crippen MR) is 119 cm³/mol. The first-order valence-corrected chi connectivity index (χ1v) is 9.99. The second-order valence-electron chi connectivity index (χ2n) is 7.19. The summed E-state index contributed by atoms with van der Waals surface area (Å²) < 4.78 is 0. The number of aliphatic hydroxyl groups excluding tert-OH is 1. The van der Waals surface area contributed by atoms with Gasteiger partial charge in [0.25, 0.3) is 11.7 Å². The van der Waals surface area contributed by atoms with E-state index < -0.39 is 17.7 Å². The molecule has 154 valence electrons. The van der Waals surface area contributed by atoms with Crippen LogP contribution in [0.2, 0.25) is 5.02 Å². The highest BCUT2D eigenvalue weighted by molar-refractivity contribution is 6.51. The van der Waals surface area contributed by atoms with E-state index in [0.29, 0.717) is 27.4 Å². The highest BCUT2D eigenvalue weighted by Gasteiger charge is 2.46. The van der Waals surface area contributed by atoms with Crippen LogP contribution in [0, 0.1) is 0 Å². The number of carbonyl (C=O) groups is 3. The molecule has 1 aliphatic rings. The van der Waals surface area contributed by atoms with Gasteiger partial charge in [-0.3, -0.25) is 19.3 Å². The Morgan fingerprint density at radius 2 is 1.45 bits per heavy atom. The van der Waals surface area contributed by atoms with Crippen molar-refractivity contribution in [3.63, 3.8) is 0 Å². The number of rotatable bonds is 4. The van der Waals surface area contributed by atoms with Gasteiger partial charge in [0.2, 0.25) is 0 Å². The molecule has 1 fully saturated rings. The first kappa shape index (κ1) is 20.6. The molecule has 1 saturated heterocycles. The Morgan fingerprint density at radius 3 is 2.03 bits per heavy atom. The van der Waals surface area contributed by atoms with Crippen LogP contribution in [0.5, 0.6) is 0 Å². The molecule has 1 amide bonds. The predicted octanol–water partition coefficient (Wildman–Crippen LogP) is 5.17. The third-order valence-electron chi connectivity index (χ3n) is 5.23. The molecule has 3 aromatic carbocycles. The Morgan fingerprint density at radius 1 is 0.871 bits per heavy atom. The van der Waals surface area contributed by atoms with Crippen LogP contribution in [0.25, 0.3) is 5.76 Å². The Kier molecular flexibility index (Phi) is 5.44. The highest BCUT2D eigenvalue weighted by Crippen LogP contribution is 2.42. The van der Waals surface area contributed by atoms with E-state index in [-0.39, 0.29) is 17.1 Å². The number of nitrogens with zero attached hydrogens (tertiary/aromatic N) is 1. The zero-order valence-corrected chi connectivity index (χ0v) is 17.3. The molecule has 0 bridgehead atoms. The Hall–Kier alpha value is -3.70. The zero-order valence-electron chi connectivity index (χ0n) is 16.6. The smallest absolute Gasteiger partial charge is 0.300 e. The van der Waals surface area contributed by atoms with E-state index in [1.165, 1.54) is 11.8 Å². The molecule has 0 unspecified atom stereocenters. The molecule has 3 aromatic rings. The average Bonchev–Trinajstić information content (AvgIpc) is 3.05. The lowest BCUT2D eigenvalue weighted by atomic mass is 9.95. The van der Waals surface area contributed by atoms with Crippen molar-refractivity contribution in [3.8, 4) is 0 Å². The Labute approximate surface area is 184 Å². The maximum atomic E-state index is 13.1. The molecular weight excluding hydrogens is 414 g/mol. The van der Waals surface area contributed by atoms with Crippen LogP contribution in [-0.2, 0) is 9.59 Å². The summed E-state index contributed by atoms with van der Waals surface area (Å²) in [6.07, 6.45) is 0. The third-order valence-corrected chi connectivity index (χ3v) is 5.48. The van der Waals surface area contributed by atoms with Gasteiger partial charge in [0.05, 0.1) is 11.6 Å². The standard InChI is InChI=1S/C25H18ClNO4/c1-15(28)16-9-13-20(14-10-16)27-22(17-5-3-2-4-6-17)21(24(30)25(27)31)23(29)18-7-11-19(26)12-8-18/h2-14,22,29H,1H3/t22-/m1/s1. The summed E-state index contributed by atoms with van der Waals surface area (Å²) >= 11 is 5.94. The quantitative estimate of drug-likeness (QED) is 0.267. The molecule has 4 rings (SSSR count). The molecule has 1 atom stereocenters. The van der Waals surface area contributed by atoms with E-state index in [1.807, 2.05) is 6.07 Å². The van der Waals surface area contributed by atoms with Gasteiger partial charge in [-0.25, -0.2) is 0 Å². The fraction of sp³-hybridized carbons (Fsp3) is 0.0800. The van der Waals surface area contributed by atoms with E-state index in [4.69, 9.17) is 11.6 Å². The van der Waals surface area contributed by atoms with Crippen LogP contribution >= 0.6 is 11.6 Å². The minimum Gasteiger partial charge on any atom is -0.507 e. The lowest BCUT2D eigenvalue weighted by molar-refractivity contribution is -0.132. The van der Waals surface area contributed by atoms with Crippen LogP contribution < -0.4 is 4.90 Å². The second kappa shape index (κ2) is 8.20. The van der Waals surface area contributed by atoms with Crippen LogP contribution in [0.3, 0.4) is 0 Å². The van der Waals surface area contributed by atoms with E-state index in [2.05, 4.69) is 0 Å². The summed E-state index contributed by atoms with van der Waals surface area (Å²) in [6, 6.07) is 21.1. The third kappa shape index (κ3) is 3.76. The summed E-state index contributed by atoms with van der Waals surface area (Å²) in [5, 5.41) is 11.5. The SMILES string of the molecule is CC(=O)c1ccc(N2C(=O)C(=O)C(=C(O)c3ccc(Cl)cc3)[C@H]2c2ccccc2)cc1. The van der Waals surface area contributed by atoms with Crippen molar-refractivity contribution in [2.45, 2.75) is 13.0 Å². The normalized spacial score (nSPS) is 17.7. The Balaban J connectivity index is 1.90. The number of ketones is 2. The number of amides is 1. The lowest BCUT2D eigenvalue weighted by Crippen LogP contribution is -2.29. The van der Waals surface area contributed by atoms with Crippen molar-refractivity contribution >= 4 is 40.5 Å². The molecule has 1 N–H and O–H groups in total. The fourth-order valence-corrected chi connectivity index (χ4v) is 3.80. The second-order valence-corrected chi connectivity index (χ2v) is 7.63. The number of halogens is 1. The minimum absolute atomic E-state index is 0.00540. The number of hydrogen-bond acceptors (Lipinski definition) is 4. The average molecular weight is 432 g/mol. The number of benzene rings is 3. The maximum Gasteiger partial charge on any atom is 0.300 e. The van der Waals surface area contributed by atoms with Crippen molar-refractivity contribution in [2.75, 3.05) is 4.90 Å². The molecule has 0 aromatic heterocycles. The number of carbonyl (C=O) groups excluding carboxylic acids is 3. The lowest BCUT2D eigenvalue weighted by Gasteiger charge is -2.25.